The van der Waals surface area contributed by atoms with E-state index in [1.807, 2.05) is 6.08 Å². The monoisotopic (exact) mass is 735 g/mol. The van der Waals surface area contributed by atoms with E-state index in [0.29, 0.717) is 12.8 Å². The Bertz CT molecular complexity index is 840. The van der Waals surface area contributed by atoms with Gasteiger partial charge in [-0.3, -0.25) is 18.6 Å². The van der Waals surface area contributed by atoms with Gasteiger partial charge in [-0.2, -0.15) is 0 Å². The van der Waals surface area contributed by atoms with Crippen LogP contribution in [0.4, 0.5) is 0 Å². The van der Waals surface area contributed by atoms with Crippen LogP contribution in [-0.4, -0.2) is 65.7 Å². The molecule has 3 atom stereocenters. The minimum atomic E-state index is -4.61. The number of aliphatic hydroxyl groups is 2. The molecule has 0 amide bonds. The summed E-state index contributed by atoms with van der Waals surface area (Å²) in [5.41, 5.74) is 0. The normalized spacial score (nSPS) is 13.8. The first-order valence-electron chi connectivity index (χ1n) is 20.1. The number of allylic oxidation sites excluding steroid dienone is 1. The first-order valence-corrected chi connectivity index (χ1v) is 21.6. The van der Waals surface area contributed by atoms with Crippen LogP contribution in [0.15, 0.2) is 12.7 Å². The largest absolute Gasteiger partial charge is 0.472 e. The fraction of sp³-hybridized carbons (Fsp3) is 0.897. The van der Waals surface area contributed by atoms with Crippen LogP contribution >= 0.6 is 7.82 Å². The summed E-state index contributed by atoms with van der Waals surface area (Å²) in [6.07, 6.45) is 30.7. The van der Waals surface area contributed by atoms with Crippen LogP contribution in [0.2, 0.25) is 0 Å². The molecule has 11 heteroatoms. The Hall–Kier alpha value is -1.29. The van der Waals surface area contributed by atoms with Crippen molar-refractivity contribution in [2.75, 3.05) is 26.4 Å². The highest BCUT2D eigenvalue weighted by molar-refractivity contribution is 7.47. The average Bonchev–Trinajstić information content (AvgIpc) is 3.10. The molecule has 0 spiro atoms. The van der Waals surface area contributed by atoms with Gasteiger partial charge in [0.15, 0.2) is 6.10 Å². The highest BCUT2D eigenvalue weighted by atomic mass is 31.2. The van der Waals surface area contributed by atoms with Crippen LogP contribution in [0, 0.1) is 0 Å². The minimum Gasteiger partial charge on any atom is -0.462 e. The standard InChI is InChI=1S/C39H75O10P/c1-3-5-7-9-11-13-15-17-18-19-21-23-25-27-29-31-39(43)49-37(35-48-50(44,45)47-33-36(41)32-40)34-46-38(42)30-28-26-24-22-20-16-14-12-10-8-6-4-2/h3,36-37,40-41H,1,4-35H2,2H3,(H,44,45)/t36-,37+/m0/s1. The zero-order valence-electron chi connectivity index (χ0n) is 31.7. The number of aliphatic hydroxyl groups excluding tert-OH is 2. The van der Waals surface area contributed by atoms with Crippen LogP contribution in [0.3, 0.4) is 0 Å². The highest BCUT2D eigenvalue weighted by Crippen LogP contribution is 2.43. The van der Waals surface area contributed by atoms with Crippen molar-refractivity contribution in [2.45, 2.75) is 199 Å². The van der Waals surface area contributed by atoms with Gasteiger partial charge in [0, 0.05) is 12.8 Å². The second-order valence-electron chi connectivity index (χ2n) is 13.8. The molecule has 0 fully saturated rings. The molecule has 0 aliphatic carbocycles. The van der Waals surface area contributed by atoms with Crippen molar-refractivity contribution in [3.8, 4) is 0 Å². The first-order chi connectivity index (χ1) is 24.2. The molecule has 0 bridgehead atoms. The van der Waals surface area contributed by atoms with Crippen LogP contribution in [0.25, 0.3) is 0 Å². The van der Waals surface area contributed by atoms with E-state index in [9.17, 15) is 24.2 Å². The van der Waals surface area contributed by atoms with Crippen molar-refractivity contribution in [2.24, 2.45) is 0 Å². The molecule has 0 aromatic rings. The van der Waals surface area contributed by atoms with Gasteiger partial charge in [0.25, 0.3) is 0 Å². The van der Waals surface area contributed by atoms with Crippen LogP contribution < -0.4 is 0 Å². The number of esters is 2. The van der Waals surface area contributed by atoms with Gasteiger partial charge in [0.2, 0.25) is 0 Å². The highest BCUT2D eigenvalue weighted by Gasteiger charge is 2.27. The van der Waals surface area contributed by atoms with Crippen molar-refractivity contribution >= 4 is 19.8 Å². The van der Waals surface area contributed by atoms with Gasteiger partial charge in [-0.25, -0.2) is 4.57 Å². The summed E-state index contributed by atoms with van der Waals surface area (Å²) in [6.45, 7) is 3.90. The number of ether oxygens (including phenoxy) is 2. The maximum atomic E-state index is 12.6. The third kappa shape index (κ3) is 35.1. The van der Waals surface area contributed by atoms with Crippen LogP contribution in [0.5, 0.6) is 0 Å². The molecule has 0 saturated heterocycles. The third-order valence-electron chi connectivity index (χ3n) is 8.82. The van der Waals surface area contributed by atoms with Gasteiger partial charge in [-0.05, 0) is 25.7 Å². The second-order valence-corrected chi connectivity index (χ2v) is 15.2. The smallest absolute Gasteiger partial charge is 0.462 e. The van der Waals surface area contributed by atoms with Gasteiger partial charge in [0.05, 0.1) is 19.8 Å². The lowest BCUT2D eigenvalue weighted by atomic mass is 10.0. The predicted molar refractivity (Wildman–Crippen MR) is 201 cm³/mol. The van der Waals surface area contributed by atoms with Crippen molar-refractivity contribution in [1.29, 1.82) is 0 Å². The zero-order valence-corrected chi connectivity index (χ0v) is 32.6. The lowest BCUT2D eigenvalue weighted by Gasteiger charge is -2.20. The van der Waals surface area contributed by atoms with Gasteiger partial charge in [0.1, 0.15) is 12.7 Å². The molecular formula is C39H75O10P. The second kappa shape index (κ2) is 36.1. The molecular weight excluding hydrogens is 659 g/mol. The summed E-state index contributed by atoms with van der Waals surface area (Å²) in [4.78, 5) is 34.8. The van der Waals surface area contributed by atoms with E-state index in [1.165, 1.54) is 109 Å². The third-order valence-corrected chi connectivity index (χ3v) is 9.77. The van der Waals surface area contributed by atoms with Crippen LogP contribution in [-0.2, 0) is 32.7 Å². The Balaban J connectivity index is 4.29. The Kier molecular flexibility index (Phi) is 35.2. The molecule has 0 radical (unpaired) electrons. The Morgan fingerprint density at radius 2 is 1.02 bits per heavy atom. The Morgan fingerprint density at radius 1 is 0.620 bits per heavy atom. The summed E-state index contributed by atoms with van der Waals surface area (Å²) in [6, 6.07) is 0. The number of carbonyl (C=O) groups is 2. The summed E-state index contributed by atoms with van der Waals surface area (Å²) in [5, 5.41) is 18.3. The molecule has 0 aromatic heterocycles. The van der Waals surface area contributed by atoms with Crippen molar-refractivity contribution in [3.63, 3.8) is 0 Å². The fourth-order valence-corrected chi connectivity index (χ4v) is 6.47. The van der Waals surface area contributed by atoms with E-state index in [-0.39, 0.29) is 19.4 Å². The van der Waals surface area contributed by atoms with Crippen LogP contribution in [0.1, 0.15) is 187 Å². The molecule has 10 nitrogen and oxygen atoms in total. The summed E-state index contributed by atoms with van der Waals surface area (Å²) in [7, 11) is -4.61. The van der Waals surface area contributed by atoms with Crippen molar-refractivity contribution in [3.05, 3.63) is 12.7 Å². The lowest BCUT2D eigenvalue weighted by Crippen LogP contribution is -2.29. The Morgan fingerprint density at radius 3 is 1.46 bits per heavy atom. The van der Waals surface area contributed by atoms with E-state index in [4.69, 9.17) is 19.1 Å². The quantitative estimate of drug-likeness (QED) is 0.0241. The average molecular weight is 735 g/mol. The Labute approximate surface area is 305 Å². The minimum absolute atomic E-state index is 0.187. The van der Waals surface area contributed by atoms with E-state index in [1.54, 1.807) is 0 Å². The van der Waals surface area contributed by atoms with E-state index in [2.05, 4.69) is 18.0 Å². The molecule has 3 N–H and O–H groups in total. The lowest BCUT2D eigenvalue weighted by molar-refractivity contribution is -0.161. The summed E-state index contributed by atoms with van der Waals surface area (Å²) in [5.74, 6) is -0.920. The number of hydrogen-bond acceptors (Lipinski definition) is 9. The molecule has 0 saturated carbocycles. The predicted octanol–water partition coefficient (Wildman–Crippen LogP) is 10.1. The SMILES string of the molecule is C=CCCCCCCCCCCCCCCCC(=O)O[C@H](COC(=O)CCCCCCCCCCCCCC)COP(=O)(O)OC[C@@H](O)CO. The first kappa shape index (κ1) is 48.7. The molecule has 50 heavy (non-hydrogen) atoms. The van der Waals surface area contributed by atoms with E-state index in [0.717, 1.165) is 44.9 Å². The number of phosphoric ester groups is 1. The molecule has 0 aliphatic heterocycles. The number of carbonyl (C=O) groups excluding carboxylic acids is 2. The van der Waals surface area contributed by atoms with Crippen molar-refractivity contribution < 1.29 is 47.8 Å². The fourth-order valence-electron chi connectivity index (χ4n) is 5.68. The van der Waals surface area contributed by atoms with Gasteiger partial charge >= 0.3 is 19.8 Å². The molecule has 0 rings (SSSR count). The molecule has 0 aromatic carbocycles. The molecule has 0 aliphatic rings. The zero-order chi connectivity index (χ0) is 37.0. The summed E-state index contributed by atoms with van der Waals surface area (Å²) < 4.78 is 32.6. The summed E-state index contributed by atoms with van der Waals surface area (Å²) >= 11 is 0. The van der Waals surface area contributed by atoms with Gasteiger partial charge in [-0.15, -0.1) is 6.58 Å². The van der Waals surface area contributed by atoms with Gasteiger partial charge < -0.3 is 24.6 Å². The molecule has 296 valence electrons. The van der Waals surface area contributed by atoms with E-state index >= 15 is 0 Å². The number of hydrogen-bond donors (Lipinski definition) is 3. The van der Waals surface area contributed by atoms with Crippen molar-refractivity contribution in [1.82, 2.24) is 0 Å². The maximum Gasteiger partial charge on any atom is 0.472 e. The molecule has 1 unspecified atom stereocenters. The number of phosphoric acid groups is 1. The number of unbranched alkanes of at least 4 members (excludes halogenated alkanes) is 24. The maximum absolute atomic E-state index is 12.6. The van der Waals surface area contributed by atoms with Gasteiger partial charge in [-0.1, -0.05) is 154 Å². The van der Waals surface area contributed by atoms with E-state index < -0.39 is 51.8 Å². The molecule has 0 heterocycles. The topological polar surface area (TPSA) is 149 Å². The number of rotatable bonds is 39.